The summed E-state index contributed by atoms with van der Waals surface area (Å²) >= 11 is 0. The maximum atomic E-state index is 13.3. The van der Waals surface area contributed by atoms with Crippen LogP contribution in [0.3, 0.4) is 0 Å². The Bertz CT molecular complexity index is 809. The van der Waals surface area contributed by atoms with Crippen LogP contribution in [-0.2, 0) is 16.0 Å². The molecular formula is C23H27N3O2. The van der Waals surface area contributed by atoms with E-state index in [9.17, 15) is 9.59 Å². The molecule has 146 valence electrons. The van der Waals surface area contributed by atoms with Crippen LogP contribution in [0.25, 0.3) is 0 Å². The molecule has 28 heavy (non-hydrogen) atoms. The van der Waals surface area contributed by atoms with Crippen LogP contribution < -0.4 is 0 Å². The molecule has 2 aromatic rings. The number of carbonyl (C=O) groups excluding carboxylic acids is 2. The summed E-state index contributed by atoms with van der Waals surface area (Å²) in [5, 5.41) is 0. The summed E-state index contributed by atoms with van der Waals surface area (Å²) in [6.07, 6.45) is 7.91. The number of amides is 2. The molecule has 0 bridgehead atoms. The van der Waals surface area contributed by atoms with Gasteiger partial charge in [-0.2, -0.15) is 0 Å². The predicted molar refractivity (Wildman–Crippen MR) is 107 cm³/mol. The second kappa shape index (κ2) is 8.55. The molecule has 1 unspecified atom stereocenters. The van der Waals surface area contributed by atoms with Gasteiger partial charge < -0.3 is 9.80 Å². The van der Waals surface area contributed by atoms with E-state index >= 15 is 0 Å². The minimum absolute atomic E-state index is 0.0865. The first kappa shape index (κ1) is 18.7. The van der Waals surface area contributed by atoms with Crippen LogP contribution in [0.5, 0.6) is 0 Å². The van der Waals surface area contributed by atoms with E-state index in [0.29, 0.717) is 19.5 Å². The second-order valence-corrected chi connectivity index (χ2v) is 7.81. The van der Waals surface area contributed by atoms with Crippen molar-refractivity contribution in [3.63, 3.8) is 0 Å². The number of pyridine rings is 1. The predicted octanol–water partition coefficient (Wildman–Crippen LogP) is 3.23. The van der Waals surface area contributed by atoms with E-state index in [1.54, 1.807) is 6.20 Å². The normalized spacial score (nSPS) is 22.5. The number of carbonyl (C=O) groups is 2. The SMILES string of the molecule is O=C1CC(C(=O)N2CCCC[C@@H]2c2cccnc2)CN1CCc1ccccc1. The number of benzene rings is 1. The molecule has 2 saturated heterocycles. The van der Waals surface area contributed by atoms with Crippen LogP contribution in [0.15, 0.2) is 54.9 Å². The molecule has 5 heteroatoms. The van der Waals surface area contributed by atoms with Crippen LogP contribution in [0.2, 0.25) is 0 Å². The fourth-order valence-electron chi connectivity index (χ4n) is 4.41. The van der Waals surface area contributed by atoms with Crippen LogP contribution in [0, 0.1) is 5.92 Å². The van der Waals surface area contributed by atoms with Gasteiger partial charge in [0, 0.05) is 38.4 Å². The highest BCUT2D eigenvalue weighted by atomic mass is 16.2. The monoisotopic (exact) mass is 377 g/mol. The Kier molecular flexibility index (Phi) is 5.70. The van der Waals surface area contributed by atoms with Crippen molar-refractivity contribution < 1.29 is 9.59 Å². The number of likely N-dealkylation sites (tertiary alicyclic amines) is 2. The van der Waals surface area contributed by atoms with Crippen molar-refractivity contribution in [2.75, 3.05) is 19.6 Å². The average molecular weight is 377 g/mol. The Balaban J connectivity index is 1.40. The van der Waals surface area contributed by atoms with E-state index in [-0.39, 0.29) is 23.8 Å². The first-order valence-corrected chi connectivity index (χ1v) is 10.2. The van der Waals surface area contributed by atoms with E-state index in [1.807, 2.05) is 40.3 Å². The van der Waals surface area contributed by atoms with E-state index < -0.39 is 0 Å². The van der Waals surface area contributed by atoms with Crippen LogP contribution in [0.1, 0.15) is 42.9 Å². The number of hydrogen-bond acceptors (Lipinski definition) is 3. The fraction of sp³-hybridized carbons (Fsp3) is 0.435. The molecule has 0 spiro atoms. The molecule has 5 nitrogen and oxygen atoms in total. The molecule has 1 aromatic carbocycles. The van der Waals surface area contributed by atoms with Crippen molar-refractivity contribution in [3.05, 3.63) is 66.0 Å². The summed E-state index contributed by atoms with van der Waals surface area (Å²) in [5.41, 5.74) is 2.32. The van der Waals surface area contributed by atoms with E-state index in [0.717, 1.165) is 37.8 Å². The zero-order chi connectivity index (χ0) is 19.3. The summed E-state index contributed by atoms with van der Waals surface area (Å²) in [4.78, 5) is 33.9. The van der Waals surface area contributed by atoms with Crippen molar-refractivity contribution in [1.29, 1.82) is 0 Å². The third-order valence-electron chi connectivity index (χ3n) is 5.93. The largest absolute Gasteiger partial charge is 0.342 e. The third-order valence-corrected chi connectivity index (χ3v) is 5.93. The molecule has 0 N–H and O–H groups in total. The zero-order valence-corrected chi connectivity index (χ0v) is 16.2. The van der Waals surface area contributed by atoms with Crippen LogP contribution in [0.4, 0.5) is 0 Å². The highest BCUT2D eigenvalue weighted by molar-refractivity contribution is 5.89. The first-order valence-electron chi connectivity index (χ1n) is 10.2. The van der Waals surface area contributed by atoms with Crippen molar-refractivity contribution >= 4 is 11.8 Å². The van der Waals surface area contributed by atoms with Gasteiger partial charge in [-0.25, -0.2) is 0 Å². The van der Waals surface area contributed by atoms with Crippen LogP contribution in [-0.4, -0.2) is 46.2 Å². The van der Waals surface area contributed by atoms with Gasteiger partial charge in [0.2, 0.25) is 11.8 Å². The number of hydrogen-bond donors (Lipinski definition) is 0. The molecule has 0 saturated carbocycles. The lowest BCUT2D eigenvalue weighted by molar-refractivity contribution is -0.139. The van der Waals surface area contributed by atoms with Gasteiger partial charge in [0.15, 0.2) is 0 Å². The minimum Gasteiger partial charge on any atom is -0.342 e. The Morgan fingerprint density at radius 2 is 1.96 bits per heavy atom. The quantitative estimate of drug-likeness (QED) is 0.804. The summed E-state index contributed by atoms with van der Waals surface area (Å²) in [6, 6.07) is 14.3. The lowest BCUT2D eigenvalue weighted by Gasteiger charge is -2.37. The second-order valence-electron chi connectivity index (χ2n) is 7.81. The Morgan fingerprint density at radius 1 is 1.11 bits per heavy atom. The molecule has 3 heterocycles. The van der Waals surface area contributed by atoms with Crippen molar-refractivity contribution in [2.24, 2.45) is 5.92 Å². The van der Waals surface area contributed by atoms with Gasteiger partial charge in [-0.3, -0.25) is 14.6 Å². The van der Waals surface area contributed by atoms with Crippen molar-refractivity contribution in [3.8, 4) is 0 Å². The topological polar surface area (TPSA) is 53.5 Å². The molecule has 4 rings (SSSR count). The number of piperidine rings is 1. The fourth-order valence-corrected chi connectivity index (χ4v) is 4.41. The Hall–Kier alpha value is -2.69. The van der Waals surface area contributed by atoms with Gasteiger partial charge in [-0.15, -0.1) is 0 Å². The highest BCUT2D eigenvalue weighted by Crippen LogP contribution is 2.33. The molecule has 2 aliphatic rings. The van der Waals surface area contributed by atoms with Crippen molar-refractivity contribution in [2.45, 2.75) is 38.1 Å². The number of rotatable bonds is 5. The van der Waals surface area contributed by atoms with Gasteiger partial charge >= 0.3 is 0 Å². The zero-order valence-electron chi connectivity index (χ0n) is 16.2. The van der Waals surface area contributed by atoms with Crippen LogP contribution >= 0.6 is 0 Å². The lowest BCUT2D eigenvalue weighted by atomic mass is 9.94. The number of nitrogens with zero attached hydrogens (tertiary/aromatic N) is 3. The maximum absolute atomic E-state index is 13.3. The summed E-state index contributed by atoms with van der Waals surface area (Å²) < 4.78 is 0. The van der Waals surface area contributed by atoms with Gasteiger partial charge in [0.1, 0.15) is 0 Å². The molecule has 1 aromatic heterocycles. The van der Waals surface area contributed by atoms with E-state index in [4.69, 9.17) is 0 Å². The average Bonchev–Trinajstić information content (AvgIpc) is 3.13. The van der Waals surface area contributed by atoms with Gasteiger partial charge in [0.05, 0.1) is 12.0 Å². The summed E-state index contributed by atoms with van der Waals surface area (Å²) in [6.45, 7) is 1.99. The summed E-state index contributed by atoms with van der Waals surface area (Å²) in [5.74, 6) is 0.00822. The standard InChI is InChI=1S/C23H27N3O2/c27-22-15-20(17-25(22)14-11-18-7-2-1-3-8-18)23(28)26-13-5-4-10-21(26)19-9-6-12-24-16-19/h1-3,6-9,12,16,20-21H,4-5,10-11,13-15,17H2/t20?,21-/m1/s1. The molecule has 2 aliphatic heterocycles. The first-order chi connectivity index (χ1) is 13.7. The Morgan fingerprint density at radius 3 is 2.75 bits per heavy atom. The van der Waals surface area contributed by atoms with E-state index in [1.165, 1.54) is 5.56 Å². The summed E-state index contributed by atoms with van der Waals surface area (Å²) in [7, 11) is 0. The molecule has 0 aliphatic carbocycles. The molecular weight excluding hydrogens is 350 g/mol. The highest BCUT2D eigenvalue weighted by Gasteiger charge is 2.39. The molecule has 0 radical (unpaired) electrons. The lowest BCUT2D eigenvalue weighted by Crippen LogP contribution is -2.42. The minimum atomic E-state index is -0.222. The van der Waals surface area contributed by atoms with Gasteiger partial charge in [0.25, 0.3) is 0 Å². The molecule has 2 amide bonds. The van der Waals surface area contributed by atoms with Crippen molar-refractivity contribution in [1.82, 2.24) is 14.8 Å². The molecule has 2 fully saturated rings. The smallest absolute Gasteiger partial charge is 0.228 e. The maximum Gasteiger partial charge on any atom is 0.228 e. The Labute approximate surface area is 166 Å². The third kappa shape index (κ3) is 4.08. The number of aromatic nitrogens is 1. The molecule has 2 atom stereocenters. The van der Waals surface area contributed by atoms with E-state index in [2.05, 4.69) is 23.2 Å². The van der Waals surface area contributed by atoms with Gasteiger partial charge in [-0.1, -0.05) is 36.4 Å². The van der Waals surface area contributed by atoms with Gasteiger partial charge in [-0.05, 0) is 42.9 Å².